The van der Waals surface area contributed by atoms with Crippen LogP contribution in [0.15, 0.2) is 0 Å². The van der Waals surface area contributed by atoms with E-state index < -0.39 is 18.4 Å². The van der Waals surface area contributed by atoms with E-state index in [1.54, 1.807) is 0 Å². The average molecular weight is 187 g/mol. The molecular weight excluding hydrogens is 174 g/mol. The minimum atomic E-state index is -4.21. The predicted molar refractivity (Wildman–Crippen MR) is 38.7 cm³/mol. The number of hydrogen-bond acceptors (Lipinski definition) is 1. The summed E-state index contributed by atoms with van der Waals surface area (Å²) in [6.45, 7) is 1.66. The van der Waals surface area contributed by atoms with Crippen molar-refractivity contribution in [1.29, 1.82) is 0 Å². The van der Waals surface area contributed by atoms with E-state index in [-0.39, 0.29) is 13.0 Å². The lowest BCUT2D eigenvalue weighted by molar-refractivity contribution is -0.124. The first-order chi connectivity index (χ1) is 5.21. The van der Waals surface area contributed by atoms with Gasteiger partial charge in [0.25, 0.3) is 0 Å². The van der Waals surface area contributed by atoms with Crippen LogP contribution in [0.4, 0.5) is 17.6 Å². The summed E-state index contributed by atoms with van der Waals surface area (Å²) in [5, 5.41) is 2.12. The lowest BCUT2D eigenvalue weighted by atomic mass is 10.1. The Kier molecular flexibility index (Phi) is 3.96. The van der Waals surface area contributed by atoms with Crippen molar-refractivity contribution in [2.75, 3.05) is 13.1 Å². The molecule has 0 aliphatic rings. The van der Waals surface area contributed by atoms with Crippen molar-refractivity contribution in [2.45, 2.75) is 32.1 Å². The Bertz CT molecular complexity index is 108. The number of nitrogens with one attached hydrogen (secondary N) is 1. The van der Waals surface area contributed by atoms with Crippen LogP contribution in [0.3, 0.4) is 0 Å². The molecule has 0 aliphatic carbocycles. The Morgan fingerprint density at radius 3 is 1.92 bits per heavy atom. The molecule has 1 N–H and O–H groups in total. The lowest BCUT2D eigenvalue weighted by Crippen LogP contribution is -2.31. The van der Waals surface area contributed by atoms with Gasteiger partial charge in [-0.25, -0.2) is 4.39 Å². The second-order valence-corrected chi connectivity index (χ2v) is 3.26. The number of rotatable bonds is 4. The van der Waals surface area contributed by atoms with Gasteiger partial charge in [0.15, 0.2) is 0 Å². The van der Waals surface area contributed by atoms with Crippen LogP contribution in [0.2, 0.25) is 0 Å². The summed E-state index contributed by atoms with van der Waals surface area (Å²) in [6, 6.07) is 0. The second kappa shape index (κ2) is 4.07. The van der Waals surface area contributed by atoms with Gasteiger partial charge in [-0.1, -0.05) is 0 Å². The molecule has 0 fully saturated rings. The first-order valence-electron chi connectivity index (χ1n) is 3.67. The highest BCUT2D eigenvalue weighted by atomic mass is 19.4. The van der Waals surface area contributed by atoms with Gasteiger partial charge in [0, 0.05) is 0 Å². The first kappa shape index (κ1) is 11.7. The minimum absolute atomic E-state index is 0.0447. The van der Waals surface area contributed by atoms with Crippen molar-refractivity contribution < 1.29 is 17.6 Å². The Morgan fingerprint density at radius 2 is 1.58 bits per heavy atom. The summed E-state index contributed by atoms with van der Waals surface area (Å²) in [4.78, 5) is 0. The summed E-state index contributed by atoms with van der Waals surface area (Å²) in [5.41, 5.74) is -1.40. The fraction of sp³-hybridized carbons (Fsp3) is 1.00. The average Bonchev–Trinajstić information content (AvgIpc) is 1.76. The van der Waals surface area contributed by atoms with Crippen molar-refractivity contribution in [3.63, 3.8) is 0 Å². The molecule has 0 aromatic rings. The number of hydrogen-bond donors (Lipinski definition) is 1. The van der Waals surface area contributed by atoms with E-state index in [9.17, 15) is 17.6 Å². The van der Waals surface area contributed by atoms with Crippen LogP contribution in [0.5, 0.6) is 0 Å². The Hall–Kier alpha value is -0.320. The number of halogens is 4. The van der Waals surface area contributed by atoms with E-state index >= 15 is 0 Å². The van der Waals surface area contributed by atoms with Crippen LogP contribution in [-0.2, 0) is 0 Å². The molecule has 0 unspecified atom stereocenters. The van der Waals surface area contributed by atoms with Gasteiger partial charge in [0.1, 0.15) is 5.67 Å². The zero-order valence-electron chi connectivity index (χ0n) is 7.13. The van der Waals surface area contributed by atoms with Crippen molar-refractivity contribution in [3.05, 3.63) is 0 Å². The van der Waals surface area contributed by atoms with Gasteiger partial charge >= 0.3 is 6.18 Å². The van der Waals surface area contributed by atoms with Crippen LogP contribution >= 0.6 is 0 Å². The van der Waals surface area contributed by atoms with Crippen LogP contribution in [0.25, 0.3) is 0 Å². The van der Waals surface area contributed by atoms with E-state index in [4.69, 9.17) is 0 Å². The zero-order valence-corrected chi connectivity index (χ0v) is 7.13. The molecular formula is C7H13F4N. The molecule has 0 aromatic heterocycles. The van der Waals surface area contributed by atoms with E-state index in [2.05, 4.69) is 5.32 Å². The van der Waals surface area contributed by atoms with Gasteiger partial charge < -0.3 is 5.32 Å². The highest BCUT2D eigenvalue weighted by Crippen LogP contribution is 2.14. The SMILES string of the molecule is CC(C)(F)CCNCC(F)(F)F. The first-order valence-corrected chi connectivity index (χ1v) is 3.67. The van der Waals surface area contributed by atoms with Crippen molar-refractivity contribution in [3.8, 4) is 0 Å². The maximum absolute atomic E-state index is 12.7. The van der Waals surface area contributed by atoms with Gasteiger partial charge in [-0.05, 0) is 26.8 Å². The molecule has 0 heterocycles. The molecule has 12 heavy (non-hydrogen) atoms. The molecule has 74 valence electrons. The molecule has 0 rings (SSSR count). The maximum Gasteiger partial charge on any atom is 0.401 e. The summed E-state index contributed by atoms with van der Waals surface area (Å²) in [5.74, 6) is 0. The summed E-state index contributed by atoms with van der Waals surface area (Å²) < 4.78 is 47.2. The van der Waals surface area contributed by atoms with E-state index in [0.29, 0.717) is 0 Å². The lowest BCUT2D eigenvalue weighted by Gasteiger charge is -2.14. The molecule has 0 aromatic carbocycles. The monoisotopic (exact) mass is 187 g/mol. The molecule has 0 atom stereocenters. The van der Waals surface area contributed by atoms with E-state index in [0.717, 1.165) is 0 Å². The molecule has 0 radical (unpaired) electrons. The molecule has 0 saturated carbocycles. The summed E-state index contributed by atoms with van der Waals surface area (Å²) in [7, 11) is 0. The van der Waals surface area contributed by atoms with Crippen molar-refractivity contribution in [2.24, 2.45) is 0 Å². The van der Waals surface area contributed by atoms with Crippen molar-refractivity contribution >= 4 is 0 Å². The molecule has 0 spiro atoms. The highest BCUT2D eigenvalue weighted by molar-refractivity contribution is 4.67. The van der Waals surface area contributed by atoms with E-state index in [1.165, 1.54) is 13.8 Å². The number of alkyl halides is 4. The predicted octanol–water partition coefficient (Wildman–Crippen LogP) is 2.28. The highest BCUT2D eigenvalue weighted by Gasteiger charge is 2.26. The largest absolute Gasteiger partial charge is 0.401 e. The van der Waals surface area contributed by atoms with Gasteiger partial charge in [-0.3, -0.25) is 0 Å². The van der Waals surface area contributed by atoms with Gasteiger partial charge in [-0.2, -0.15) is 13.2 Å². The molecule has 0 aliphatic heterocycles. The maximum atomic E-state index is 12.7. The van der Waals surface area contributed by atoms with Crippen LogP contribution in [0.1, 0.15) is 20.3 Å². The van der Waals surface area contributed by atoms with E-state index in [1.807, 2.05) is 0 Å². The fourth-order valence-corrected chi connectivity index (χ4v) is 0.616. The van der Waals surface area contributed by atoms with Crippen LogP contribution in [-0.4, -0.2) is 24.9 Å². The normalized spacial score (nSPS) is 13.5. The zero-order chi connectivity index (χ0) is 9.83. The molecule has 5 heteroatoms. The van der Waals surface area contributed by atoms with Gasteiger partial charge in [0.05, 0.1) is 6.54 Å². The fourth-order valence-electron chi connectivity index (χ4n) is 0.616. The molecule has 0 amide bonds. The third kappa shape index (κ3) is 9.68. The van der Waals surface area contributed by atoms with Crippen LogP contribution in [0, 0.1) is 0 Å². The Balaban J connectivity index is 3.35. The quantitative estimate of drug-likeness (QED) is 0.526. The topological polar surface area (TPSA) is 12.0 Å². The standard InChI is InChI=1S/C7H13F4N/c1-6(2,8)3-4-12-5-7(9,10)11/h12H,3-5H2,1-2H3. The third-order valence-corrected chi connectivity index (χ3v) is 1.22. The molecule has 0 saturated heterocycles. The Morgan fingerprint density at radius 1 is 1.08 bits per heavy atom. The summed E-state index contributed by atoms with van der Waals surface area (Å²) >= 11 is 0. The third-order valence-electron chi connectivity index (χ3n) is 1.22. The van der Waals surface area contributed by atoms with Gasteiger partial charge in [0.2, 0.25) is 0 Å². The Labute approximate surface area is 69.1 Å². The molecule has 1 nitrogen and oxygen atoms in total. The summed E-state index contributed by atoms with van der Waals surface area (Å²) in [6.07, 6.45) is -4.12. The smallest absolute Gasteiger partial charge is 0.309 e. The molecule has 0 bridgehead atoms. The van der Waals surface area contributed by atoms with Gasteiger partial charge in [-0.15, -0.1) is 0 Å². The second-order valence-electron chi connectivity index (χ2n) is 3.26. The van der Waals surface area contributed by atoms with Crippen LogP contribution < -0.4 is 5.32 Å². The van der Waals surface area contributed by atoms with Crippen molar-refractivity contribution in [1.82, 2.24) is 5.32 Å². The minimum Gasteiger partial charge on any atom is -0.309 e.